The van der Waals surface area contributed by atoms with E-state index >= 15 is 0 Å². The van der Waals surface area contributed by atoms with Gasteiger partial charge >= 0.3 is 5.97 Å². The Bertz CT molecular complexity index is 1820. The summed E-state index contributed by atoms with van der Waals surface area (Å²) in [6, 6.07) is -1.03. The Balaban J connectivity index is 2.57. The number of hydrogen-bond donors (Lipinski definition) is 6. The standard InChI is InChI=1S/C78H137NO10/c1-4-7-10-13-16-19-22-25-27-29-31-33-34-35-36-37-38-39-41-43-45-48-51-54-57-60-63-66-73(83)89-76-75(85)74(84)72(67-80)88-78(76)87-68-69(70(81)64-61-58-55-52-49-46-24-21-18-15-12-9-6-3)79-77(86)71(82)65-62-59-56-53-50-47-44-42-40-32-30-28-26-23-20-17-14-11-8-5-2/h7,10,16,19,25-28,31,33,35-36,38-39,61,64,69-72,74-76,78,80-82,84-85H,4-6,8-9,11-15,17-18,20-24,29-30,32,34,37,40-60,62-63,65-68H2,1-3H3,(H,79,86)/b10-7-,19-16-,27-25-,28-26+,33-31-,36-35-,39-38-,64-61+. The fraction of sp³-hybridized carbons (Fsp3) is 0.769. The van der Waals surface area contributed by atoms with Crippen LogP contribution in [0.2, 0.25) is 0 Å². The molecule has 0 aromatic rings. The number of carbonyl (C=O) groups is 2. The van der Waals surface area contributed by atoms with Gasteiger partial charge in [-0.2, -0.15) is 0 Å². The highest BCUT2D eigenvalue weighted by Gasteiger charge is 2.47. The highest BCUT2D eigenvalue weighted by molar-refractivity contribution is 5.80. The summed E-state index contributed by atoms with van der Waals surface area (Å²) in [6.45, 7) is 5.70. The highest BCUT2D eigenvalue weighted by atomic mass is 16.7. The normalized spacial score (nSPS) is 18.7. The molecule has 1 saturated heterocycles. The van der Waals surface area contributed by atoms with Crippen molar-refractivity contribution in [1.29, 1.82) is 0 Å². The Hall–Kier alpha value is -3.42. The molecule has 11 nitrogen and oxygen atoms in total. The molecule has 0 spiro atoms. The largest absolute Gasteiger partial charge is 0.454 e. The molecule has 1 aliphatic heterocycles. The number of esters is 1. The predicted molar refractivity (Wildman–Crippen MR) is 375 cm³/mol. The molecular formula is C78H137NO10. The molecule has 8 atom stereocenters. The third-order valence-corrected chi connectivity index (χ3v) is 17.0. The molecule has 0 aliphatic carbocycles. The molecular weight excluding hydrogens is 1110 g/mol. The van der Waals surface area contributed by atoms with Gasteiger partial charge in [0.05, 0.1) is 25.4 Å². The number of amides is 1. The Morgan fingerprint density at radius 1 is 0.449 bits per heavy atom. The third-order valence-electron chi connectivity index (χ3n) is 17.0. The van der Waals surface area contributed by atoms with E-state index in [1.807, 2.05) is 6.08 Å². The molecule has 1 rings (SSSR count). The van der Waals surface area contributed by atoms with Crippen LogP contribution >= 0.6 is 0 Å². The zero-order valence-corrected chi connectivity index (χ0v) is 57.3. The molecule has 0 bridgehead atoms. The molecule has 89 heavy (non-hydrogen) atoms. The molecule has 6 N–H and O–H groups in total. The van der Waals surface area contributed by atoms with E-state index in [-0.39, 0.29) is 19.4 Å². The van der Waals surface area contributed by atoms with Gasteiger partial charge in [-0.1, -0.05) is 311 Å². The summed E-state index contributed by atoms with van der Waals surface area (Å²) in [5, 5.41) is 57.3. The van der Waals surface area contributed by atoms with Crippen LogP contribution in [0.1, 0.15) is 323 Å². The van der Waals surface area contributed by atoms with Crippen molar-refractivity contribution in [1.82, 2.24) is 5.32 Å². The molecule has 8 unspecified atom stereocenters. The van der Waals surface area contributed by atoms with E-state index in [1.165, 1.54) is 167 Å². The second kappa shape index (κ2) is 64.7. The van der Waals surface area contributed by atoms with Gasteiger partial charge in [0.15, 0.2) is 12.4 Å². The van der Waals surface area contributed by atoms with Gasteiger partial charge in [0.1, 0.15) is 24.4 Å². The molecule has 1 fully saturated rings. The molecule has 11 heteroatoms. The number of ether oxygens (including phenoxy) is 3. The summed E-state index contributed by atoms with van der Waals surface area (Å²) in [7, 11) is 0. The summed E-state index contributed by atoms with van der Waals surface area (Å²) in [4.78, 5) is 26.7. The molecule has 514 valence electrons. The van der Waals surface area contributed by atoms with Crippen LogP contribution in [0.4, 0.5) is 0 Å². The fourth-order valence-corrected chi connectivity index (χ4v) is 11.2. The van der Waals surface area contributed by atoms with E-state index in [1.54, 1.807) is 6.08 Å². The van der Waals surface area contributed by atoms with Gasteiger partial charge < -0.3 is 45.1 Å². The van der Waals surface area contributed by atoms with Crippen molar-refractivity contribution >= 4 is 11.9 Å². The monoisotopic (exact) mass is 1250 g/mol. The number of nitrogens with one attached hydrogen (secondary N) is 1. The van der Waals surface area contributed by atoms with E-state index < -0.39 is 67.4 Å². The SMILES string of the molecule is CC/C=C\C/C=C\C/C=C\C/C=C\C/C=C\C/C=C\CCCCCCCCCCC(=O)OC1C(OCC(NC(=O)C(O)CCCCCCCCCCCC/C=C/CCCCCCCC)C(O)/C=C/CCCCCCCCCCCCC)OC(CO)C(O)C1O. The van der Waals surface area contributed by atoms with Gasteiger partial charge in [-0.25, -0.2) is 0 Å². The van der Waals surface area contributed by atoms with Crippen LogP contribution in [0, 0.1) is 0 Å². The Morgan fingerprint density at radius 3 is 1.22 bits per heavy atom. The van der Waals surface area contributed by atoms with Crippen LogP contribution < -0.4 is 5.32 Å². The number of aliphatic hydroxyl groups is 5. The van der Waals surface area contributed by atoms with E-state index in [9.17, 15) is 35.1 Å². The first kappa shape index (κ1) is 83.6. The number of carbonyl (C=O) groups excluding carboxylic acids is 2. The quantitative estimate of drug-likeness (QED) is 0.0195. The van der Waals surface area contributed by atoms with Gasteiger partial charge in [-0.3, -0.25) is 9.59 Å². The van der Waals surface area contributed by atoms with Crippen LogP contribution in [0.3, 0.4) is 0 Å². The van der Waals surface area contributed by atoms with Crippen LogP contribution in [-0.2, 0) is 23.8 Å². The first-order chi connectivity index (χ1) is 43.7. The van der Waals surface area contributed by atoms with Gasteiger partial charge in [0, 0.05) is 6.42 Å². The minimum atomic E-state index is -1.62. The summed E-state index contributed by atoms with van der Waals surface area (Å²) >= 11 is 0. The van der Waals surface area contributed by atoms with Gasteiger partial charge in [-0.15, -0.1) is 0 Å². The number of hydrogen-bond acceptors (Lipinski definition) is 10. The molecule has 1 amide bonds. The number of unbranched alkanes of at least 4 members (excludes halogenated alkanes) is 35. The average molecular weight is 1250 g/mol. The second-order valence-electron chi connectivity index (χ2n) is 25.3. The van der Waals surface area contributed by atoms with Crippen LogP contribution in [-0.4, -0.2) is 99.6 Å². The second-order valence-corrected chi connectivity index (χ2v) is 25.3. The predicted octanol–water partition coefficient (Wildman–Crippen LogP) is 19.4. The fourth-order valence-electron chi connectivity index (χ4n) is 11.2. The van der Waals surface area contributed by atoms with Gasteiger partial charge in [-0.05, 0) is 103 Å². The van der Waals surface area contributed by atoms with Crippen molar-refractivity contribution in [3.63, 3.8) is 0 Å². The molecule has 0 saturated carbocycles. The van der Waals surface area contributed by atoms with E-state index in [0.29, 0.717) is 12.8 Å². The van der Waals surface area contributed by atoms with Gasteiger partial charge in [0.25, 0.3) is 0 Å². The molecule has 0 radical (unpaired) electrons. The van der Waals surface area contributed by atoms with Gasteiger partial charge in [0.2, 0.25) is 5.91 Å². The van der Waals surface area contributed by atoms with E-state index in [0.717, 1.165) is 109 Å². The van der Waals surface area contributed by atoms with Crippen molar-refractivity contribution in [3.05, 3.63) is 97.2 Å². The molecule has 0 aromatic heterocycles. The lowest BCUT2D eigenvalue weighted by molar-refractivity contribution is -0.305. The molecule has 1 heterocycles. The maximum absolute atomic E-state index is 13.5. The number of allylic oxidation sites excluding steroid dienone is 15. The van der Waals surface area contributed by atoms with E-state index in [2.05, 4.69) is 111 Å². The van der Waals surface area contributed by atoms with Crippen LogP contribution in [0.5, 0.6) is 0 Å². The first-order valence-corrected chi connectivity index (χ1v) is 37.0. The number of rotatable bonds is 63. The Labute approximate surface area is 546 Å². The van der Waals surface area contributed by atoms with Crippen LogP contribution in [0.15, 0.2) is 97.2 Å². The number of aliphatic hydroxyl groups excluding tert-OH is 5. The lowest BCUT2D eigenvalue weighted by atomic mass is 9.99. The summed E-state index contributed by atoms with van der Waals surface area (Å²) < 4.78 is 17.7. The molecule has 1 aliphatic rings. The lowest BCUT2D eigenvalue weighted by Gasteiger charge is -2.41. The highest BCUT2D eigenvalue weighted by Crippen LogP contribution is 2.26. The zero-order valence-electron chi connectivity index (χ0n) is 57.3. The lowest BCUT2D eigenvalue weighted by Crippen LogP contribution is -2.61. The topological polar surface area (TPSA) is 175 Å². The minimum absolute atomic E-state index is 0.110. The average Bonchev–Trinajstić information content (AvgIpc) is 1.85. The summed E-state index contributed by atoms with van der Waals surface area (Å²) in [5.41, 5.74) is 0. The van der Waals surface area contributed by atoms with Crippen molar-refractivity contribution in [3.8, 4) is 0 Å². The zero-order chi connectivity index (χ0) is 64.6. The van der Waals surface area contributed by atoms with Crippen molar-refractivity contribution in [2.24, 2.45) is 0 Å². The van der Waals surface area contributed by atoms with Crippen LogP contribution in [0.25, 0.3) is 0 Å². The smallest absolute Gasteiger partial charge is 0.306 e. The Kier molecular flexibility index (Phi) is 60.7. The third kappa shape index (κ3) is 51.7. The molecule has 0 aromatic carbocycles. The maximum atomic E-state index is 13.5. The van der Waals surface area contributed by atoms with E-state index in [4.69, 9.17) is 14.2 Å². The first-order valence-electron chi connectivity index (χ1n) is 37.0. The van der Waals surface area contributed by atoms with Crippen molar-refractivity contribution in [2.45, 2.75) is 372 Å². The van der Waals surface area contributed by atoms with Crippen molar-refractivity contribution < 1.29 is 49.3 Å². The Morgan fingerprint density at radius 2 is 0.809 bits per heavy atom. The summed E-state index contributed by atoms with van der Waals surface area (Å²) in [6.07, 6.45) is 77.2. The maximum Gasteiger partial charge on any atom is 0.306 e. The minimum Gasteiger partial charge on any atom is -0.454 e. The summed E-state index contributed by atoms with van der Waals surface area (Å²) in [5.74, 6) is -1.20. The van der Waals surface area contributed by atoms with Crippen molar-refractivity contribution in [2.75, 3.05) is 13.2 Å².